The molecule has 0 atom stereocenters. The summed E-state index contributed by atoms with van der Waals surface area (Å²) in [4.78, 5) is 14.5. The molecule has 28 heavy (non-hydrogen) atoms. The van der Waals surface area contributed by atoms with E-state index in [-0.39, 0.29) is 17.7 Å². The van der Waals surface area contributed by atoms with Gasteiger partial charge in [-0.25, -0.2) is 8.42 Å². The van der Waals surface area contributed by atoms with Crippen molar-refractivity contribution in [3.63, 3.8) is 0 Å². The van der Waals surface area contributed by atoms with Gasteiger partial charge in [-0.05, 0) is 49.6 Å². The van der Waals surface area contributed by atoms with Gasteiger partial charge in [-0.2, -0.15) is 0 Å². The van der Waals surface area contributed by atoms with E-state index in [1.165, 1.54) is 4.31 Å². The summed E-state index contributed by atoms with van der Waals surface area (Å²) in [6, 6.07) is 17.3. The second-order valence-corrected chi connectivity index (χ2v) is 9.22. The highest BCUT2D eigenvalue weighted by Crippen LogP contribution is 2.24. The molecule has 0 bridgehead atoms. The third kappa shape index (κ3) is 4.81. The van der Waals surface area contributed by atoms with Gasteiger partial charge in [0.25, 0.3) is 0 Å². The molecule has 0 unspecified atom stereocenters. The molecule has 2 aromatic rings. The van der Waals surface area contributed by atoms with E-state index in [9.17, 15) is 13.2 Å². The highest BCUT2D eigenvalue weighted by Gasteiger charge is 2.28. The molecule has 3 rings (SSSR count). The van der Waals surface area contributed by atoms with Crippen molar-refractivity contribution in [3.8, 4) is 0 Å². The Kier molecular flexibility index (Phi) is 6.19. The Hall–Kier alpha value is -2.60. The number of rotatable bonds is 6. The normalized spacial score (nSPS) is 16.0. The van der Waals surface area contributed by atoms with Crippen LogP contribution >= 0.6 is 0 Å². The molecule has 1 aliphatic rings. The zero-order chi connectivity index (χ0) is 20.1. The number of nitrogens with zero attached hydrogens (tertiary/aromatic N) is 2. The first-order chi connectivity index (χ1) is 13.4. The molecule has 0 N–H and O–H groups in total. The first-order valence-corrected chi connectivity index (χ1v) is 11.1. The van der Waals surface area contributed by atoms with Gasteiger partial charge < -0.3 is 4.90 Å². The number of amides is 1. The molecular formula is C22H26N2O3S. The molecule has 148 valence electrons. The number of carbonyl (C=O) groups excluding carboxylic acids is 1. The van der Waals surface area contributed by atoms with Crippen LogP contribution in [-0.2, 0) is 21.4 Å². The van der Waals surface area contributed by atoms with Crippen LogP contribution in [0.2, 0.25) is 0 Å². The largest absolute Gasteiger partial charge is 0.332 e. The molecule has 5 nitrogen and oxygen atoms in total. The van der Waals surface area contributed by atoms with Crippen molar-refractivity contribution in [2.75, 3.05) is 16.6 Å². The summed E-state index contributed by atoms with van der Waals surface area (Å²) in [5, 5.41) is 0. The van der Waals surface area contributed by atoms with Crippen LogP contribution in [-0.4, -0.2) is 37.6 Å². The highest BCUT2D eigenvalue weighted by molar-refractivity contribution is 7.93. The second-order valence-electron chi connectivity index (χ2n) is 7.21. The van der Waals surface area contributed by atoms with Gasteiger partial charge in [0.15, 0.2) is 0 Å². The van der Waals surface area contributed by atoms with Gasteiger partial charge in [0.05, 0.1) is 11.4 Å². The topological polar surface area (TPSA) is 57.7 Å². The quantitative estimate of drug-likeness (QED) is 0.698. The minimum Gasteiger partial charge on any atom is -0.332 e. The number of sulfonamides is 1. The summed E-state index contributed by atoms with van der Waals surface area (Å²) in [6.07, 6.45) is 4.00. The predicted octanol–water partition coefficient (Wildman–Crippen LogP) is 3.68. The maximum Gasteiger partial charge on any atom is 0.247 e. The first-order valence-electron chi connectivity index (χ1n) is 9.50. The fraction of sp³-hybridized carbons (Fsp3) is 0.318. The second kappa shape index (κ2) is 8.61. The molecule has 1 heterocycles. The Morgan fingerprint density at radius 1 is 1.11 bits per heavy atom. The Morgan fingerprint density at radius 2 is 1.79 bits per heavy atom. The Balaban J connectivity index is 1.68. The van der Waals surface area contributed by atoms with Gasteiger partial charge in [-0.1, -0.05) is 42.5 Å². The SMILES string of the molecule is CC(C)N(Cc1ccccc1)C(=O)/C=C/c1ccc(N2CCCS2(=O)=O)cc1. The number of carbonyl (C=O) groups is 1. The van der Waals surface area contributed by atoms with Crippen LogP contribution in [0.25, 0.3) is 6.08 Å². The van der Waals surface area contributed by atoms with Crippen molar-refractivity contribution in [2.24, 2.45) is 0 Å². The third-order valence-electron chi connectivity index (χ3n) is 4.80. The lowest BCUT2D eigenvalue weighted by atomic mass is 10.1. The van der Waals surface area contributed by atoms with E-state index >= 15 is 0 Å². The zero-order valence-corrected chi connectivity index (χ0v) is 17.1. The van der Waals surface area contributed by atoms with E-state index in [0.717, 1.165) is 11.1 Å². The van der Waals surface area contributed by atoms with E-state index in [0.29, 0.717) is 25.2 Å². The lowest BCUT2D eigenvalue weighted by Gasteiger charge is -2.25. The van der Waals surface area contributed by atoms with Crippen LogP contribution in [0.1, 0.15) is 31.4 Å². The Morgan fingerprint density at radius 3 is 2.36 bits per heavy atom. The van der Waals surface area contributed by atoms with Crippen LogP contribution in [0.15, 0.2) is 60.7 Å². The van der Waals surface area contributed by atoms with E-state index in [1.54, 1.807) is 24.3 Å². The molecule has 0 aromatic heterocycles. The van der Waals surface area contributed by atoms with Gasteiger partial charge in [0, 0.05) is 25.2 Å². The molecule has 0 spiro atoms. The maximum atomic E-state index is 12.7. The lowest BCUT2D eigenvalue weighted by molar-refractivity contribution is -0.128. The molecule has 1 saturated heterocycles. The minimum atomic E-state index is -3.17. The standard InChI is InChI=1S/C22H26N2O3S/c1-18(2)23(17-20-7-4-3-5-8-20)22(25)14-11-19-9-12-21(13-10-19)24-15-6-16-28(24,26)27/h3-5,7-14,18H,6,15-17H2,1-2H3/b14-11+. The van der Waals surface area contributed by atoms with Gasteiger partial charge in [0.2, 0.25) is 15.9 Å². The highest BCUT2D eigenvalue weighted by atomic mass is 32.2. The maximum absolute atomic E-state index is 12.7. The van der Waals surface area contributed by atoms with Crippen LogP contribution in [0.4, 0.5) is 5.69 Å². The van der Waals surface area contributed by atoms with E-state index in [4.69, 9.17) is 0 Å². The average molecular weight is 399 g/mol. The Bertz CT molecular complexity index is 936. The van der Waals surface area contributed by atoms with Gasteiger partial charge >= 0.3 is 0 Å². The molecule has 1 aliphatic heterocycles. The van der Waals surface area contributed by atoms with Gasteiger partial charge in [-0.15, -0.1) is 0 Å². The van der Waals surface area contributed by atoms with Crippen molar-refractivity contribution in [1.82, 2.24) is 4.90 Å². The first kappa shape index (κ1) is 20.1. The third-order valence-corrected chi connectivity index (χ3v) is 6.67. The van der Waals surface area contributed by atoms with Crippen molar-refractivity contribution < 1.29 is 13.2 Å². The minimum absolute atomic E-state index is 0.0509. The zero-order valence-electron chi connectivity index (χ0n) is 16.3. The predicted molar refractivity (Wildman–Crippen MR) is 113 cm³/mol. The summed E-state index contributed by atoms with van der Waals surface area (Å²) >= 11 is 0. The summed E-state index contributed by atoms with van der Waals surface area (Å²) in [6.45, 7) is 5.09. The van der Waals surface area contributed by atoms with E-state index < -0.39 is 10.0 Å². The van der Waals surface area contributed by atoms with Gasteiger partial charge in [-0.3, -0.25) is 9.10 Å². The van der Waals surface area contributed by atoms with Crippen LogP contribution in [0.3, 0.4) is 0 Å². The van der Waals surface area contributed by atoms with Crippen molar-refractivity contribution in [3.05, 3.63) is 71.8 Å². The molecule has 1 amide bonds. The molecule has 0 aliphatic carbocycles. The number of anilines is 1. The van der Waals surface area contributed by atoms with Crippen LogP contribution in [0.5, 0.6) is 0 Å². The van der Waals surface area contributed by atoms with Crippen molar-refractivity contribution in [2.45, 2.75) is 32.9 Å². The molecule has 6 heteroatoms. The van der Waals surface area contributed by atoms with E-state index in [1.807, 2.05) is 61.2 Å². The fourth-order valence-corrected chi connectivity index (χ4v) is 4.80. The average Bonchev–Trinajstić information content (AvgIpc) is 3.04. The summed E-state index contributed by atoms with van der Waals surface area (Å²) in [5.74, 6) is 0.153. The number of benzene rings is 2. The summed E-state index contributed by atoms with van der Waals surface area (Å²) in [7, 11) is -3.17. The van der Waals surface area contributed by atoms with E-state index in [2.05, 4.69) is 0 Å². The molecule has 2 aromatic carbocycles. The molecule has 0 saturated carbocycles. The van der Waals surface area contributed by atoms with Crippen LogP contribution in [0, 0.1) is 0 Å². The van der Waals surface area contributed by atoms with Gasteiger partial charge in [0.1, 0.15) is 0 Å². The van der Waals surface area contributed by atoms with Crippen molar-refractivity contribution >= 4 is 27.7 Å². The van der Waals surface area contributed by atoms with Crippen LogP contribution < -0.4 is 4.31 Å². The summed E-state index contributed by atoms with van der Waals surface area (Å²) < 4.78 is 25.5. The monoisotopic (exact) mass is 398 g/mol. The lowest BCUT2D eigenvalue weighted by Crippen LogP contribution is -2.35. The fourth-order valence-electron chi connectivity index (χ4n) is 3.24. The molecule has 0 radical (unpaired) electrons. The molecule has 1 fully saturated rings. The number of hydrogen-bond acceptors (Lipinski definition) is 3. The Labute approximate surface area is 167 Å². The smallest absolute Gasteiger partial charge is 0.247 e. The molecular weight excluding hydrogens is 372 g/mol. The number of hydrogen-bond donors (Lipinski definition) is 0. The van der Waals surface area contributed by atoms with Crippen molar-refractivity contribution in [1.29, 1.82) is 0 Å². The summed E-state index contributed by atoms with van der Waals surface area (Å²) in [5.41, 5.74) is 2.63.